The van der Waals surface area contributed by atoms with Crippen LogP contribution in [-0.2, 0) is 15.0 Å². The van der Waals surface area contributed by atoms with E-state index >= 15 is 0 Å². The van der Waals surface area contributed by atoms with Gasteiger partial charge < -0.3 is 30.1 Å². The summed E-state index contributed by atoms with van der Waals surface area (Å²) in [6, 6.07) is 10.8. The number of hydrogen-bond acceptors (Lipinski definition) is 5. The molecule has 9 nitrogen and oxygen atoms in total. The van der Waals surface area contributed by atoms with Gasteiger partial charge >= 0.3 is 6.03 Å². The molecule has 0 aromatic heterocycles. The summed E-state index contributed by atoms with van der Waals surface area (Å²) in [5.74, 6) is -0.184. The number of anilines is 1. The van der Waals surface area contributed by atoms with Crippen LogP contribution in [0.1, 0.15) is 42.9 Å². The molecule has 4 amide bonds. The molecule has 3 saturated heterocycles. The summed E-state index contributed by atoms with van der Waals surface area (Å²) in [5.41, 5.74) is 1.07. The number of rotatable bonds is 4. The number of nitrogens with one attached hydrogen (secondary N) is 2. The SMILES string of the molecule is CN1CCN(C(=O)N2CCC(Oc3ccc(I)cc3[C@H]3NC(=O)C[C@@H](C4C=CC=C(Cl)C4)[C@]34C(=O)Nc3cc(Cl)ccc34)CC2)CC1. The Morgan fingerprint density at radius 1 is 0.979 bits per heavy atom. The lowest BCUT2D eigenvalue weighted by molar-refractivity contribution is -0.135. The van der Waals surface area contributed by atoms with Crippen LogP contribution in [-0.4, -0.2) is 85.0 Å². The van der Waals surface area contributed by atoms with Crippen molar-refractivity contribution in [3.8, 4) is 5.75 Å². The molecule has 2 N–H and O–H groups in total. The van der Waals surface area contributed by atoms with Crippen LogP contribution in [0.5, 0.6) is 5.75 Å². The highest BCUT2D eigenvalue weighted by atomic mass is 127. The van der Waals surface area contributed by atoms with E-state index < -0.39 is 11.5 Å². The smallest absolute Gasteiger partial charge is 0.320 e. The number of piperidine rings is 2. The van der Waals surface area contributed by atoms with Crippen LogP contribution >= 0.6 is 45.8 Å². The number of piperazine rings is 1. The van der Waals surface area contributed by atoms with Gasteiger partial charge in [-0.3, -0.25) is 9.59 Å². The Bertz CT molecular complexity index is 1650. The Morgan fingerprint density at radius 2 is 1.72 bits per heavy atom. The van der Waals surface area contributed by atoms with Gasteiger partial charge in [0.15, 0.2) is 0 Å². The minimum Gasteiger partial charge on any atom is -0.490 e. The lowest BCUT2D eigenvalue weighted by Gasteiger charge is -2.49. The summed E-state index contributed by atoms with van der Waals surface area (Å²) in [4.78, 5) is 47.5. The van der Waals surface area contributed by atoms with Crippen LogP contribution in [0.3, 0.4) is 0 Å². The number of allylic oxidation sites excluding steroid dienone is 4. The second-order valence-electron chi connectivity index (χ2n) is 13.2. The van der Waals surface area contributed by atoms with Gasteiger partial charge in [0.05, 0.1) is 6.04 Å². The normalized spacial score (nSPS) is 28.2. The van der Waals surface area contributed by atoms with E-state index in [2.05, 4.69) is 51.2 Å². The Labute approximate surface area is 298 Å². The summed E-state index contributed by atoms with van der Waals surface area (Å²) in [5, 5.41) is 7.59. The van der Waals surface area contributed by atoms with Crippen LogP contribution in [0.4, 0.5) is 10.5 Å². The highest BCUT2D eigenvalue weighted by Gasteiger charge is 2.62. The highest BCUT2D eigenvalue weighted by molar-refractivity contribution is 14.1. The van der Waals surface area contributed by atoms with E-state index in [0.717, 1.165) is 40.9 Å². The number of benzene rings is 2. The van der Waals surface area contributed by atoms with E-state index in [9.17, 15) is 14.4 Å². The fourth-order valence-electron chi connectivity index (χ4n) is 8.04. The van der Waals surface area contributed by atoms with E-state index in [-0.39, 0.29) is 42.2 Å². The predicted octanol–water partition coefficient (Wildman–Crippen LogP) is 5.92. The summed E-state index contributed by atoms with van der Waals surface area (Å²) in [6.45, 7) is 4.49. The zero-order chi connectivity index (χ0) is 32.9. The summed E-state index contributed by atoms with van der Waals surface area (Å²) >= 11 is 15.2. The molecular formula is C35H38Cl2IN5O4. The summed E-state index contributed by atoms with van der Waals surface area (Å²) in [7, 11) is 2.08. The van der Waals surface area contributed by atoms with Gasteiger partial charge in [0.25, 0.3) is 0 Å². The number of hydrogen-bond donors (Lipinski definition) is 2. The van der Waals surface area contributed by atoms with Crippen LogP contribution in [0.15, 0.2) is 59.7 Å². The van der Waals surface area contributed by atoms with Gasteiger partial charge in [-0.05, 0) is 89.9 Å². The third kappa shape index (κ3) is 6.15. The fourth-order valence-corrected chi connectivity index (χ4v) is 8.98. The average molecular weight is 791 g/mol. The largest absolute Gasteiger partial charge is 0.490 e. The molecule has 0 saturated carbocycles. The predicted molar refractivity (Wildman–Crippen MR) is 191 cm³/mol. The maximum Gasteiger partial charge on any atom is 0.320 e. The topological polar surface area (TPSA) is 94.2 Å². The number of likely N-dealkylation sites (N-methyl/N-ethyl adjacent to an activating group) is 1. The number of fused-ring (bicyclic) bond motifs is 2. The van der Waals surface area contributed by atoms with Crippen LogP contribution in [0.25, 0.3) is 0 Å². The maximum absolute atomic E-state index is 14.5. The Balaban J connectivity index is 1.21. The zero-order valence-electron chi connectivity index (χ0n) is 26.2. The molecule has 0 radical (unpaired) electrons. The first-order valence-electron chi connectivity index (χ1n) is 16.3. The first-order valence-corrected chi connectivity index (χ1v) is 18.1. The number of carbonyl (C=O) groups is 3. The fraction of sp³-hybridized carbons (Fsp3) is 0.457. The molecule has 4 aliphatic heterocycles. The number of amides is 4. The van der Waals surface area contributed by atoms with Gasteiger partial charge in [-0.15, -0.1) is 0 Å². The van der Waals surface area contributed by atoms with E-state index in [1.54, 1.807) is 12.1 Å². The van der Waals surface area contributed by atoms with Crippen molar-refractivity contribution in [3.05, 3.63) is 79.4 Å². The van der Waals surface area contributed by atoms with Crippen LogP contribution < -0.4 is 15.4 Å². The van der Waals surface area contributed by atoms with Crippen LogP contribution in [0.2, 0.25) is 5.02 Å². The Hall–Kier alpha value is -2.80. The summed E-state index contributed by atoms with van der Waals surface area (Å²) in [6.07, 6.45) is 7.83. The van der Waals surface area contributed by atoms with E-state index in [1.165, 1.54) is 0 Å². The maximum atomic E-state index is 14.5. The molecule has 2 aromatic carbocycles. The molecule has 1 spiro atoms. The average Bonchev–Trinajstić information content (AvgIpc) is 3.33. The number of carbonyl (C=O) groups excluding carboxylic acids is 3. The minimum atomic E-state index is -1.14. The van der Waals surface area contributed by atoms with Crippen molar-refractivity contribution in [3.63, 3.8) is 0 Å². The van der Waals surface area contributed by atoms with Crippen molar-refractivity contribution in [1.82, 2.24) is 20.0 Å². The first kappa shape index (κ1) is 32.7. The molecule has 4 atom stereocenters. The van der Waals surface area contributed by atoms with Crippen LogP contribution in [0, 0.1) is 15.4 Å². The zero-order valence-corrected chi connectivity index (χ0v) is 29.9. The number of urea groups is 1. The van der Waals surface area contributed by atoms with Crippen molar-refractivity contribution < 1.29 is 19.1 Å². The Kier molecular flexibility index (Phi) is 9.23. The van der Waals surface area contributed by atoms with Gasteiger partial charge in [0.1, 0.15) is 17.3 Å². The molecule has 5 aliphatic rings. The lowest BCUT2D eigenvalue weighted by atomic mass is 9.57. The van der Waals surface area contributed by atoms with Crippen molar-refractivity contribution in [1.29, 1.82) is 0 Å². The molecule has 3 fully saturated rings. The second-order valence-corrected chi connectivity index (χ2v) is 15.4. The molecule has 0 bridgehead atoms. The van der Waals surface area contributed by atoms with Crippen molar-refractivity contribution in [2.45, 2.75) is 43.2 Å². The van der Waals surface area contributed by atoms with Crippen molar-refractivity contribution >= 4 is 69.3 Å². The van der Waals surface area contributed by atoms with Gasteiger partial charge in [0, 0.05) is 83.4 Å². The molecule has 248 valence electrons. The lowest BCUT2D eigenvalue weighted by Crippen LogP contribution is -2.59. The molecule has 47 heavy (non-hydrogen) atoms. The standard InChI is InChI=1S/C35H38Cl2IN5O4/c1-41-13-15-43(16-14-41)34(46)42-11-9-25(10-12-42)47-30-8-6-24(38)19-26(30)32-35(27-7-5-23(37)18-29(27)39-33(35)45)28(20-31(44)40-32)21-3-2-4-22(36)17-21/h2-8,18-19,21,25,28,32H,9-17,20H2,1H3,(H,39,45)(H,40,44)/t21?,28-,32+,35-/m0/s1. The third-order valence-corrected chi connectivity index (χ3v) is 11.6. The summed E-state index contributed by atoms with van der Waals surface area (Å²) < 4.78 is 7.71. The van der Waals surface area contributed by atoms with Crippen molar-refractivity contribution in [2.24, 2.45) is 11.8 Å². The molecule has 2 aromatic rings. The van der Waals surface area contributed by atoms with Gasteiger partial charge in [-0.2, -0.15) is 0 Å². The molecule has 1 unspecified atom stereocenters. The molecule has 1 aliphatic carbocycles. The Morgan fingerprint density at radius 3 is 2.47 bits per heavy atom. The van der Waals surface area contributed by atoms with E-state index in [0.29, 0.717) is 53.8 Å². The van der Waals surface area contributed by atoms with E-state index in [1.807, 2.05) is 46.2 Å². The van der Waals surface area contributed by atoms with Gasteiger partial charge in [0.2, 0.25) is 11.8 Å². The first-order chi connectivity index (χ1) is 22.6. The van der Waals surface area contributed by atoms with Gasteiger partial charge in [-0.25, -0.2) is 4.79 Å². The number of ether oxygens (including phenoxy) is 1. The number of nitrogens with zero attached hydrogens (tertiary/aromatic N) is 3. The number of likely N-dealkylation sites (tertiary alicyclic amines) is 1. The van der Waals surface area contributed by atoms with Gasteiger partial charge in [-0.1, -0.05) is 41.4 Å². The molecule has 7 rings (SSSR count). The quantitative estimate of drug-likeness (QED) is 0.376. The second kappa shape index (κ2) is 13.2. The third-order valence-electron chi connectivity index (χ3n) is 10.4. The number of halogens is 3. The molecule has 4 heterocycles. The minimum absolute atomic E-state index is 0.0992. The van der Waals surface area contributed by atoms with Crippen molar-refractivity contribution in [2.75, 3.05) is 51.6 Å². The highest BCUT2D eigenvalue weighted by Crippen LogP contribution is 2.58. The molecule has 12 heteroatoms. The van der Waals surface area contributed by atoms with E-state index in [4.69, 9.17) is 27.9 Å². The molecular weight excluding hydrogens is 752 g/mol. The monoisotopic (exact) mass is 789 g/mol.